The number of ether oxygens (including phenoxy) is 2. The van der Waals surface area contributed by atoms with Gasteiger partial charge < -0.3 is 14.8 Å². The lowest BCUT2D eigenvalue weighted by atomic mass is 9.88. The molecule has 7 heteroatoms. The molecule has 3 rings (SSSR count). The second kappa shape index (κ2) is 7.99. The molecule has 2 aliphatic rings. The van der Waals surface area contributed by atoms with Crippen LogP contribution in [-0.2, 0) is 20.9 Å². The topological polar surface area (TPSA) is 77.0 Å². The highest BCUT2D eigenvalue weighted by atomic mass is 19.1. The predicted octanol–water partition coefficient (Wildman–Crippen LogP) is 2.62. The molecule has 0 aromatic heterocycles. The number of esters is 1. The summed E-state index contributed by atoms with van der Waals surface area (Å²) in [4.78, 5) is 28.6. The van der Waals surface area contributed by atoms with Crippen LogP contribution in [0.3, 0.4) is 0 Å². The van der Waals surface area contributed by atoms with Crippen molar-refractivity contribution in [2.45, 2.75) is 13.5 Å². The van der Waals surface area contributed by atoms with Crippen LogP contribution in [0.4, 0.5) is 4.39 Å². The number of rotatable bonds is 6. The number of hydrogen-bond donors (Lipinski definition) is 1. The molecule has 1 aliphatic heterocycles. The molecule has 1 aromatic carbocycles. The van der Waals surface area contributed by atoms with E-state index in [1.165, 1.54) is 18.2 Å². The number of nitrogens with zero attached hydrogens (tertiary/aromatic N) is 1. The molecule has 0 saturated heterocycles. The number of benzene rings is 1. The number of hydrogen-bond acceptors (Lipinski definition) is 5. The number of amides is 1. The first-order valence-corrected chi connectivity index (χ1v) is 8.50. The number of fused-ring (bicyclic) bond motifs is 1. The number of aliphatic imine (C=N–C) groups is 1. The van der Waals surface area contributed by atoms with Crippen LogP contribution in [0.25, 0.3) is 0 Å². The van der Waals surface area contributed by atoms with Gasteiger partial charge in [-0.25, -0.2) is 14.2 Å². The third-order valence-electron chi connectivity index (χ3n) is 4.20. The number of nitrogens with one attached hydrogen (secondary N) is 1. The Morgan fingerprint density at radius 1 is 1.26 bits per heavy atom. The molecule has 6 nitrogen and oxygen atoms in total. The van der Waals surface area contributed by atoms with Gasteiger partial charge in [0.15, 0.2) is 0 Å². The van der Waals surface area contributed by atoms with Gasteiger partial charge in [0.2, 0.25) is 0 Å². The highest BCUT2D eigenvalue weighted by Gasteiger charge is 2.35. The lowest BCUT2D eigenvalue weighted by Gasteiger charge is -2.26. The van der Waals surface area contributed by atoms with Gasteiger partial charge in [0.25, 0.3) is 5.91 Å². The number of carbonyl (C=O) groups excluding carboxylic acids is 2. The van der Waals surface area contributed by atoms with Crippen molar-refractivity contribution in [3.63, 3.8) is 0 Å². The average molecular weight is 370 g/mol. The van der Waals surface area contributed by atoms with Gasteiger partial charge in [-0.1, -0.05) is 12.1 Å². The number of halogens is 1. The lowest BCUT2D eigenvalue weighted by molar-refractivity contribution is -0.140. The van der Waals surface area contributed by atoms with Gasteiger partial charge in [0.05, 0.1) is 25.3 Å². The summed E-state index contributed by atoms with van der Waals surface area (Å²) in [5.41, 5.74) is 1.38. The number of allylic oxidation sites excluding steroid dienone is 4. The van der Waals surface area contributed by atoms with Crippen molar-refractivity contribution < 1.29 is 23.5 Å². The van der Waals surface area contributed by atoms with Crippen molar-refractivity contribution in [1.29, 1.82) is 0 Å². The molecule has 0 bridgehead atoms. The summed E-state index contributed by atoms with van der Waals surface area (Å²) in [7, 11) is 1.58. The highest BCUT2D eigenvalue weighted by Crippen LogP contribution is 2.29. The fourth-order valence-electron chi connectivity index (χ4n) is 2.89. The first-order chi connectivity index (χ1) is 13.0. The minimum atomic E-state index is -0.772. The summed E-state index contributed by atoms with van der Waals surface area (Å²) in [5, 5.41) is 3.11. The Bertz CT molecular complexity index is 882. The maximum Gasteiger partial charge on any atom is 0.345 e. The fourth-order valence-corrected chi connectivity index (χ4v) is 2.89. The summed E-state index contributed by atoms with van der Waals surface area (Å²) in [5.74, 6) is -1.86. The predicted molar refractivity (Wildman–Crippen MR) is 97.8 cm³/mol. The molecular formula is C20H19FN2O4. The third kappa shape index (κ3) is 3.97. The normalized spacial score (nSPS) is 18.5. The molecule has 1 heterocycles. The van der Waals surface area contributed by atoms with Gasteiger partial charge in [0, 0.05) is 12.2 Å². The third-order valence-corrected chi connectivity index (χ3v) is 4.20. The number of dihydropyridines is 1. The molecule has 1 amide bonds. The van der Waals surface area contributed by atoms with Gasteiger partial charge in [-0.3, -0.25) is 4.79 Å². The highest BCUT2D eigenvalue weighted by molar-refractivity contribution is 6.24. The van der Waals surface area contributed by atoms with Crippen molar-refractivity contribution in [3.05, 3.63) is 65.2 Å². The van der Waals surface area contributed by atoms with Crippen LogP contribution in [0, 0.1) is 5.92 Å². The van der Waals surface area contributed by atoms with E-state index in [9.17, 15) is 14.0 Å². The lowest BCUT2D eigenvalue weighted by Crippen LogP contribution is -2.35. The Morgan fingerprint density at radius 2 is 2.00 bits per heavy atom. The van der Waals surface area contributed by atoms with E-state index in [1.807, 2.05) is 12.1 Å². The van der Waals surface area contributed by atoms with E-state index in [-0.39, 0.29) is 12.2 Å². The van der Waals surface area contributed by atoms with E-state index < -0.39 is 23.6 Å². The summed E-state index contributed by atoms with van der Waals surface area (Å²) in [6.45, 7) is 2.10. The Kier molecular flexibility index (Phi) is 5.49. The van der Waals surface area contributed by atoms with Crippen molar-refractivity contribution in [2.24, 2.45) is 10.9 Å². The Morgan fingerprint density at radius 3 is 2.67 bits per heavy atom. The van der Waals surface area contributed by atoms with Crippen LogP contribution in [0.15, 0.2) is 64.6 Å². The fraction of sp³-hybridized carbons (Fsp3) is 0.250. The average Bonchev–Trinajstić information content (AvgIpc) is 2.66. The second-order valence-corrected chi connectivity index (χ2v) is 5.92. The first kappa shape index (κ1) is 18.6. The molecule has 1 N–H and O–H groups in total. The zero-order valence-corrected chi connectivity index (χ0v) is 15.0. The maximum atomic E-state index is 13.8. The minimum absolute atomic E-state index is 0.118. The molecule has 140 valence electrons. The molecule has 0 saturated carbocycles. The standard InChI is InChI=1S/C20H19FN2O4/c1-3-27-20(25)17-18(22-11-12-4-7-14(26-2)8-5-12)15-10-13(21)6-9-16(15)23-19(17)24/h4-10,15,22H,3,11H2,1-2H3. The molecule has 0 radical (unpaired) electrons. The van der Waals surface area contributed by atoms with Crippen LogP contribution < -0.4 is 10.1 Å². The molecule has 0 fully saturated rings. The Labute approximate surface area is 156 Å². The molecule has 1 aliphatic carbocycles. The molecule has 1 atom stereocenters. The zero-order chi connectivity index (χ0) is 19.4. The Hall–Kier alpha value is -3.22. The summed E-state index contributed by atoms with van der Waals surface area (Å²) >= 11 is 0. The smallest absolute Gasteiger partial charge is 0.345 e. The number of carbonyl (C=O) groups is 2. The number of methoxy groups -OCH3 is 1. The minimum Gasteiger partial charge on any atom is -0.497 e. The van der Waals surface area contributed by atoms with E-state index in [1.54, 1.807) is 26.2 Å². The van der Waals surface area contributed by atoms with Crippen molar-refractivity contribution in [2.75, 3.05) is 13.7 Å². The molecule has 0 spiro atoms. The molecule has 27 heavy (non-hydrogen) atoms. The SMILES string of the molecule is CCOC(=O)C1=C(NCc2ccc(OC)cc2)C2C=C(F)C=CC2=NC1=O. The zero-order valence-electron chi connectivity index (χ0n) is 15.0. The van der Waals surface area contributed by atoms with E-state index in [0.29, 0.717) is 18.0 Å². The van der Waals surface area contributed by atoms with E-state index >= 15 is 0 Å². The van der Waals surface area contributed by atoms with Crippen LogP contribution in [0.2, 0.25) is 0 Å². The molecule has 1 unspecified atom stereocenters. The van der Waals surface area contributed by atoms with E-state index in [0.717, 1.165) is 11.3 Å². The van der Waals surface area contributed by atoms with Crippen molar-refractivity contribution >= 4 is 17.6 Å². The van der Waals surface area contributed by atoms with E-state index in [2.05, 4.69) is 10.3 Å². The van der Waals surface area contributed by atoms with Crippen LogP contribution >= 0.6 is 0 Å². The van der Waals surface area contributed by atoms with Crippen LogP contribution in [-0.4, -0.2) is 31.3 Å². The van der Waals surface area contributed by atoms with Gasteiger partial charge in [0.1, 0.15) is 17.1 Å². The van der Waals surface area contributed by atoms with Gasteiger partial charge in [-0.05, 0) is 42.8 Å². The molecule has 1 aromatic rings. The first-order valence-electron chi connectivity index (χ1n) is 8.50. The van der Waals surface area contributed by atoms with Crippen molar-refractivity contribution in [1.82, 2.24) is 5.32 Å². The molecular weight excluding hydrogens is 351 g/mol. The van der Waals surface area contributed by atoms with Gasteiger partial charge >= 0.3 is 5.97 Å². The van der Waals surface area contributed by atoms with Crippen molar-refractivity contribution in [3.8, 4) is 5.75 Å². The van der Waals surface area contributed by atoms with E-state index in [4.69, 9.17) is 9.47 Å². The summed E-state index contributed by atoms with van der Waals surface area (Å²) < 4.78 is 23.9. The Balaban J connectivity index is 1.93. The maximum absolute atomic E-state index is 13.8. The van der Waals surface area contributed by atoms with Gasteiger partial charge in [-0.15, -0.1) is 0 Å². The monoisotopic (exact) mass is 370 g/mol. The summed E-state index contributed by atoms with van der Waals surface area (Å²) in [6.07, 6.45) is 3.99. The second-order valence-electron chi connectivity index (χ2n) is 5.92. The van der Waals surface area contributed by atoms with Crippen LogP contribution in [0.5, 0.6) is 5.75 Å². The quantitative estimate of drug-likeness (QED) is 0.615. The van der Waals surface area contributed by atoms with Gasteiger partial charge in [-0.2, -0.15) is 0 Å². The van der Waals surface area contributed by atoms with Crippen LogP contribution in [0.1, 0.15) is 12.5 Å². The largest absolute Gasteiger partial charge is 0.497 e. The summed E-state index contributed by atoms with van der Waals surface area (Å²) in [6, 6.07) is 7.32.